The highest BCUT2D eigenvalue weighted by Gasteiger charge is 2.70. The molecule has 16 atom stereocenters. The van der Waals surface area contributed by atoms with E-state index in [1.54, 1.807) is 0 Å². The Morgan fingerprint density at radius 1 is 0.235 bits per heavy atom. The summed E-state index contributed by atoms with van der Waals surface area (Å²) in [5, 5.41) is 0. The second-order valence-electron chi connectivity index (χ2n) is 19.8. The van der Waals surface area contributed by atoms with E-state index in [9.17, 15) is 76.7 Å². The highest BCUT2D eigenvalue weighted by atomic mass is 16.6. The first-order chi connectivity index (χ1) is 32.3. The third-order valence-corrected chi connectivity index (χ3v) is 17.1. The topological polar surface area (TPSA) is 347 Å². The molecule has 0 radical (unpaired) electrons. The fourth-order valence-corrected chi connectivity index (χ4v) is 14.4. The number of ether oxygens (including phenoxy) is 8. The van der Waals surface area contributed by atoms with Gasteiger partial charge in [0.1, 0.15) is 0 Å². The minimum absolute atomic E-state index is 0.0138. The van der Waals surface area contributed by atoms with Crippen molar-refractivity contribution in [3.63, 3.8) is 0 Å². The molecule has 68 heavy (non-hydrogen) atoms. The molecule has 7 aliphatic carbocycles. The number of carbonyl (C=O) groups excluding carboxylic acids is 16. The van der Waals surface area contributed by atoms with Crippen LogP contribution in [-0.4, -0.2) is 95.5 Å². The van der Waals surface area contributed by atoms with E-state index in [0.717, 1.165) is 0 Å². The predicted molar refractivity (Wildman–Crippen MR) is 196 cm³/mol. The van der Waals surface area contributed by atoms with Crippen LogP contribution in [0.1, 0.15) is 51.4 Å². The maximum atomic E-state index is 11.7. The normalized spacial score (nSPS) is 45.4. The van der Waals surface area contributed by atoms with Crippen LogP contribution in [0.2, 0.25) is 0 Å². The molecule has 0 aromatic rings. The zero-order valence-corrected chi connectivity index (χ0v) is 35.0. The van der Waals surface area contributed by atoms with E-state index in [1.807, 2.05) is 0 Å². The molecule has 356 valence electrons. The lowest BCUT2D eigenvalue weighted by Crippen LogP contribution is -2.53. The van der Waals surface area contributed by atoms with E-state index in [4.69, 9.17) is 9.47 Å². The van der Waals surface area contributed by atoms with Gasteiger partial charge in [-0.2, -0.15) is 0 Å². The average Bonchev–Trinajstić information content (AvgIpc) is 4.16. The first-order valence-corrected chi connectivity index (χ1v) is 22.4. The molecule has 8 aliphatic heterocycles. The standard InChI is InChI=1S/2C12H10O6.2C10H8O6/c13-9-3-1-4(10(14)17-9)8-6-2-5(7(3)8)11(15)18-12(6)16;13-9-5-3-1-2-4(7(5)11(15)17-9)8-6(3)10(14)18-12(8)16;11-6-2-3-4(8(12)15-6)1-5-7(3)10(14)16-9(5)13;11-7-3-1-4-6(10(14)16-8(4)12)2-5(3)9(13)15-7/h2*3-8H,1-2H2;3-5,7H,1-2H2;3-6H,1-2H2. The van der Waals surface area contributed by atoms with Gasteiger partial charge < -0.3 is 37.9 Å². The molecule has 0 aromatic heterocycles. The van der Waals surface area contributed by atoms with E-state index in [1.165, 1.54) is 0 Å². The third-order valence-electron chi connectivity index (χ3n) is 17.1. The summed E-state index contributed by atoms with van der Waals surface area (Å²) >= 11 is 0. The fraction of sp³-hybridized carbons (Fsp3) is 0.636. The molecule has 0 aromatic carbocycles. The van der Waals surface area contributed by atoms with E-state index in [2.05, 4.69) is 28.4 Å². The van der Waals surface area contributed by atoms with Gasteiger partial charge >= 0.3 is 95.5 Å². The van der Waals surface area contributed by atoms with Gasteiger partial charge in [0.2, 0.25) is 0 Å². The van der Waals surface area contributed by atoms with Crippen LogP contribution in [0.15, 0.2) is 0 Å². The van der Waals surface area contributed by atoms with Gasteiger partial charge in [-0.05, 0) is 74.5 Å². The van der Waals surface area contributed by atoms with Crippen molar-refractivity contribution in [3.8, 4) is 0 Å². The van der Waals surface area contributed by atoms with E-state index >= 15 is 0 Å². The first-order valence-electron chi connectivity index (χ1n) is 22.4. The van der Waals surface area contributed by atoms with Crippen molar-refractivity contribution in [2.75, 3.05) is 0 Å². The molecular formula is C44H36O24. The van der Waals surface area contributed by atoms with Crippen molar-refractivity contribution in [1.82, 2.24) is 0 Å². The second kappa shape index (κ2) is 15.3. The SMILES string of the molecule is O=C1CC2C(CC3C(=O)OC(=O)C32)C(=O)O1.O=C1OC(=O)C2C3CCC(C12)C1C(=O)OC(=O)C31.O=C1OC(=O)C2CC1C1C3CC(C(=O)OC3=O)C21.O=C1OC(=O)C2CC3C(=O)OC(=O)C3CC12. The number of cyclic esters (lactones) is 16. The minimum atomic E-state index is -0.630. The summed E-state index contributed by atoms with van der Waals surface area (Å²) in [4.78, 5) is 184. The quantitative estimate of drug-likeness (QED) is 0.111. The largest absolute Gasteiger partial charge is 0.393 e. The van der Waals surface area contributed by atoms with Crippen molar-refractivity contribution >= 4 is 95.5 Å². The number of rotatable bonds is 0. The van der Waals surface area contributed by atoms with E-state index < -0.39 is 190 Å². The lowest BCUT2D eigenvalue weighted by molar-refractivity contribution is -0.175. The smallest absolute Gasteiger partial charge is 0.317 e. The lowest BCUT2D eigenvalue weighted by atomic mass is 9.51. The Kier molecular flexibility index (Phi) is 9.84. The van der Waals surface area contributed by atoms with Crippen LogP contribution >= 0.6 is 0 Å². The number of fused-ring (bicyclic) bond motifs is 15. The summed E-state index contributed by atoms with van der Waals surface area (Å²) in [5.74, 6) is -18.5. The van der Waals surface area contributed by atoms with Gasteiger partial charge in [0, 0.05) is 0 Å². The molecule has 24 nitrogen and oxygen atoms in total. The van der Waals surface area contributed by atoms with Gasteiger partial charge in [0.05, 0.1) is 95.2 Å². The van der Waals surface area contributed by atoms with Gasteiger partial charge in [0.25, 0.3) is 0 Å². The van der Waals surface area contributed by atoms with Gasteiger partial charge in [-0.1, -0.05) is 0 Å². The van der Waals surface area contributed by atoms with Gasteiger partial charge in [-0.3, -0.25) is 76.7 Å². The molecule has 24 heteroatoms. The summed E-state index contributed by atoms with van der Waals surface area (Å²) in [7, 11) is 0. The Labute approximate surface area is 379 Å². The Hall–Kier alpha value is -6.88. The molecule has 8 saturated heterocycles. The van der Waals surface area contributed by atoms with Gasteiger partial charge in [0.15, 0.2) is 0 Å². The number of hydrogen-bond acceptors (Lipinski definition) is 24. The third kappa shape index (κ3) is 6.29. The molecule has 6 bridgehead atoms. The van der Waals surface area contributed by atoms with Crippen LogP contribution in [0.3, 0.4) is 0 Å². The summed E-state index contributed by atoms with van der Waals surface area (Å²) in [5.41, 5.74) is 0. The predicted octanol–water partition coefficient (Wildman–Crippen LogP) is -1.86. The second-order valence-corrected chi connectivity index (χ2v) is 19.8. The molecule has 8 heterocycles. The van der Waals surface area contributed by atoms with Crippen molar-refractivity contribution in [3.05, 3.63) is 0 Å². The fourth-order valence-electron chi connectivity index (χ4n) is 14.4. The average molecular weight is 949 g/mol. The van der Waals surface area contributed by atoms with Crippen molar-refractivity contribution < 1.29 is 115 Å². The Morgan fingerprint density at radius 3 is 0.853 bits per heavy atom. The van der Waals surface area contributed by atoms with Crippen LogP contribution in [0.25, 0.3) is 0 Å². The monoisotopic (exact) mass is 948 g/mol. The van der Waals surface area contributed by atoms with Crippen LogP contribution in [0, 0.1) is 118 Å². The molecule has 16 unspecified atom stereocenters. The molecule has 0 spiro atoms. The summed E-state index contributed by atoms with van der Waals surface area (Å²) in [6, 6.07) is 0. The van der Waals surface area contributed by atoms with Gasteiger partial charge in [-0.25, -0.2) is 0 Å². The highest BCUT2D eigenvalue weighted by Crippen LogP contribution is 2.62. The van der Waals surface area contributed by atoms with Crippen LogP contribution < -0.4 is 0 Å². The molecule has 15 fully saturated rings. The molecular weight excluding hydrogens is 912 g/mol. The summed E-state index contributed by atoms with van der Waals surface area (Å²) in [6.45, 7) is 0. The van der Waals surface area contributed by atoms with Crippen LogP contribution in [0.4, 0.5) is 0 Å². The van der Waals surface area contributed by atoms with Crippen LogP contribution in [0.5, 0.6) is 0 Å². The molecule has 0 N–H and O–H groups in total. The molecule has 0 amide bonds. The zero-order chi connectivity index (χ0) is 48.1. The van der Waals surface area contributed by atoms with Crippen molar-refractivity contribution in [2.24, 2.45) is 118 Å². The Morgan fingerprint density at radius 2 is 0.485 bits per heavy atom. The first kappa shape index (κ1) is 43.7. The van der Waals surface area contributed by atoms with Crippen molar-refractivity contribution in [2.45, 2.75) is 51.4 Å². The van der Waals surface area contributed by atoms with E-state index in [0.29, 0.717) is 25.7 Å². The van der Waals surface area contributed by atoms with Crippen LogP contribution in [-0.2, 0) is 115 Å². The maximum absolute atomic E-state index is 11.7. The Bertz CT molecular complexity index is 2270. The molecule has 15 rings (SSSR count). The summed E-state index contributed by atoms with van der Waals surface area (Å²) in [6.07, 6.45) is 2.83. The highest BCUT2D eigenvalue weighted by molar-refractivity contribution is 6.04. The van der Waals surface area contributed by atoms with E-state index in [-0.39, 0.29) is 49.4 Å². The minimum Gasteiger partial charge on any atom is -0.393 e. The maximum Gasteiger partial charge on any atom is 0.317 e. The van der Waals surface area contributed by atoms with Gasteiger partial charge in [-0.15, -0.1) is 0 Å². The Balaban J connectivity index is 0.0000000996. The molecule has 7 saturated carbocycles. The lowest BCUT2D eigenvalue weighted by Gasteiger charge is -2.46. The summed E-state index contributed by atoms with van der Waals surface area (Å²) < 4.78 is 36.8. The molecule has 15 aliphatic rings. The zero-order valence-electron chi connectivity index (χ0n) is 35.0. The number of carbonyl (C=O) groups is 16. The number of esters is 16. The number of hydrogen-bond donors (Lipinski definition) is 0. The van der Waals surface area contributed by atoms with Crippen molar-refractivity contribution in [1.29, 1.82) is 0 Å².